The summed E-state index contributed by atoms with van der Waals surface area (Å²) in [6, 6.07) is 0. The van der Waals surface area contributed by atoms with E-state index in [9.17, 15) is 4.79 Å². The third-order valence-electron chi connectivity index (χ3n) is 5.25. The van der Waals surface area contributed by atoms with Gasteiger partial charge >= 0.3 is 0 Å². The number of nitrogens with zero attached hydrogens (tertiary/aromatic N) is 3. The van der Waals surface area contributed by atoms with Crippen molar-refractivity contribution in [3.8, 4) is 0 Å². The molecule has 3 rings (SSSR count). The maximum absolute atomic E-state index is 12.7. The van der Waals surface area contributed by atoms with Crippen LogP contribution in [0.4, 0.5) is 0 Å². The van der Waals surface area contributed by atoms with Crippen LogP contribution in [0.2, 0.25) is 0 Å². The number of hydrogen-bond donors (Lipinski definition) is 1. The van der Waals surface area contributed by atoms with Crippen molar-refractivity contribution >= 4 is 18.1 Å². The average molecular weight is 322 g/mol. The Bertz CT molecular complexity index is 579. The van der Waals surface area contributed by atoms with Crippen LogP contribution in [0.5, 0.6) is 0 Å². The van der Waals surface area contributed by atoms with Crippen molar-refractivity contribution in [3.63, 3.8) is 0 Å². The summed E-state index contributed by atoms with van der Waals surface area (Å²) in [6.45, 7) is 4.30. The first-order valence-electron chi connectivity index (χ1n) is 8.61. The van der Waals surface area contributed by atoms with E-state index in [0.717, 1.165) is 43.6 Å². The number of hydrogen-bond acceptors (Lipinski definition) is 3. The molecule has 0 spiro atoms. The number of carbonyl (C=O) groups is 1. The molecule has 1 aliphatic carbocycles. The molecular formula is C16H26N4OS. The van der Waals surface area contributed by atoms with Crippen molar-refractivity contribution in [2.24, 2.45) is 11.8 Å². The van der Waals surface area contributed by atoms with E-state index >= 15 is 0 Å². The molecule has 1 aliphatic heterocycles. The van der Waals surface area contributed by atoms with Gasteiger partial charge < -0.3 is 4.90 Å². The predicted octanol–water partition coefficient (Wildman–Crippen LogP) is 2.93. The summed E-state index contributed by atoms with van der Waals surface area (Å²) >= 11 is 5.27. The van der Waals surface area contributed by atoms with E-state index in [0.29, 0.717) is 11.3 Å². The maximum atomic E-state index is 12.7. The summed E-state index contributed by atoms with van der Waals surface area (Å²) in [5.74, 6) is 2.66. The van der Waals surface area contributed by atoms with E-state index in [-0.39, 0.29) is 5.91 Å². The Morgan fingerprint density at radius 3 is 2.86 bits per heavy atom. The van der Waals surface area contributed by atoms with Gasteiger partial charge in [-0.3, -0.25) is 14.5 Å². The fraction of sp³-hybridized carbons (Fsp3) is 0.812. The van der Waals surface area contributed by atoms with Crippen molar-refractivity contribution in [3.05, 3.63) is 10.6 Å². The number of fused-ring (bicyclic) bond motifs is 1. The van der Waals surface area contributed by atoms with Crippen LogP contribution in [0.15, 0.2) is 0 Å². The molecule has 2 aliphatic rings. The Morgan fingerprint density at radius 1 is 1.32 bits per heavy atom. The lowest BCUT2D eigenvalue weighted by atomic mass is 9.75. The van der Waals surface area contributed by atoms with Gasteiger partial charge in [-0.2, -0.15) is 5.10 Å². The van der Waals surface area contributed by atoms with Gasteiger partial charge in [0.2, 0.25) is 5.91 Å². The molecule has 2 heterocycles. The quantitative estimate of drug-likeness (QED) is 0.867. The molecule has 5 nitrogen and oxygen atoms in total. The van der Waals surface area contributed by atoms with E-state index in [1.165, 1.54) is 32.1 Å². The van der Waals surface area contributed by atoms with E-state index < -0.39 is 0 Å². The van der Waals surface area contributed by atoms with Gasteiger partial charge in [-0.25, -0.2) is 0 Å². The Labute approximate surface area is 137 Å². The van der Waals surface area contributed by atoms with Crippen LogP contribution in [0.1, 0.15) is 51.3 Å². The van der Waals surface area contributed by atoms with Crippen LogP contribution < -0.4 is 0 Å². The zero-order valence-corrected chi connectivity index (χ0v) is 14.2. The summed E-state index contributed by atoms with van der Waals surface area (Å²) in [5.41, 5.74) is 0. The number of H-pyrrole nitrogens is 1. The van der Waals surface area contributed by atoms with Crippen LogP contribution >= 0.6 is 12.2 Å². The van der Waals surface area contributed by atoms with E-state index in [1.807, 2.05) is 4.57 Å². The number of carbonyl (C=O) groups excluding carboxylic acids is 1. The fourth-order valence-corrected chi connectivity index (χ4v) is 4.21. The molecule has 0 unspecified atom stereocenters. The van der Waals surface area contributed by atoms with Crippen molar-refractivity contribution in [1.82, 2.24) is 19.7 Å². The first-order chi connectivity index (χ1) is 10.7. The molecule has 2 fully saturated rings. The van der Waals surface area contributed by atoms with Gasteiger partial charge in [0.15, 0.2) is 4.77 Å². The van der Waals surface area contributed by atoms with E-state index in [4.69, 9.17) is 12.2 Å². The minimum absolute atomic E-state index is 0.193. The van der Waals surface area contributed by atoms with Crippen LogP contribution in [0.3, 0.4) is 0 Å². The number of piperidine rings is 1. The van der Waals surface area contributed by atoms with Crippen molar-refractivity contribution < 1.29 is 4.79 Å². The minimum Gasteiger partial charge on any atom is -0.341 e. The molecule has 1 aromatic heterocycles. The highest BCUT2D eigenvalue weighted by molar-refractivity contribution is 7.71. The minimum atomic E-state index is 0.193. The molecule has 1 aromatic rings. The molecule has 1 amide bonds. The third kappa shape index (κ3) is 3.26. The smallest absolute Gasteiger partial charge is 0.242 e. The second-order valence-electron chi connectivity index (χ2n) is 6.71. The molecule has 0 radical (unpaired) electrons. The summed E-state index contributed by atoms with van der Waals surface area (Å²) < 4.78 is 2.43. The third-order valence-corrected chi connectivity index (χ3v) is 5.56. The molecular weight excluding hydrogens is 296 g/mol. The van der Waals surface area contributed by atoms with Gasteiger partial charge in [-0.1, -0.05) is 26.2 Å². The molecule has 1 N–H and O–H groups in total. The maximum Gasteiger partial charge on any atom is 0.242 e. The Hall–Kier alpha value is -1.17. The summed E-state index contributed by atoms with van der Waals surface area (Å²) in [7, 11) is 0. The lowest BCUT2D eigenvalue weighted by Gasteiger charge is -2.41. The Morgan fingerprint density at radius 2 is 2.09 bits per heavy atom. The van der Waals surface area contributed by atoms with Gasteiger partial charge in [-0.15, -0.1) is 0 Å². The van der Waals surface area contributed by atoms with Crippen LogP contribution in [0, 0.1) is 16.6 Å². The normalized spacial score (nSPS) is 25.0. The van der Waals surface area contributed by atoms with E-state index in [2.05, 4.69) is 22.0 Å². The molecule has 6 heteroatoms. The average Bonchev–Trinajstić information content (AvgIpc) is 2.88. The highest BCUT2D eigenvalue weighted by Crippen LogP contribution is 2.36. The molecule has 1 saturated heterocycles. The number of aromatic nitrogens is 3. The van der Waals surface area contributed by atoms with Crippen molar-refractivity contribution in [2.45, 2.75) is 58.4 Å². The van der Waals surface area contributed by atoms with Gasteiger partial charge in [0.1, 0.15) is 12.4 Å². The number of likely N-dealkylation sites (tertiary alicyclic amines) is 1. The monoisotopic (exact) mass is 322 g/mol. The Balaban J connectivity index is 1.65. The highest BCUT2D eigenvalue weighted by Gasteiger charge is 2.33. The zero-order valence-electron chi connectivity index (χ0n) is 13.4. The first-order valence-corrected chi connectivity index (χ1v) is 9.01. The summed E-state index contributed by atoms with van der Waals surface area (Å²) in [6.07, 6.45) is 8.39. The molecule has 0 bridgehead atoms. The first kappa shape index (κ1) is 15.7. The largest absolute Gasteiger partial charge is 0.341 e. The molecule has 22 heavy (non-hydrogen) atoms. The fourth-order valence-electron chi connectivity index (χ4n) is 3.99. The number of aromatic amines is 1. The van der Waals surface area contributed by atoms with Crippen LogP contribution in [0.25, 0.3) is 0 Å². The van der Waals surface area contributed by atoms with Crippen LogP contribution in [-0.4, -0.2) is 38.7 Å². The van der Waals surface area contributed by atoms with Gasteiger partial charge in [-0.05, 0) is 43.3 Å². The number of nitrogens with one attached hydrogen (secondary N) is 1. The summed E-state index contributed by atoms with van der Waals surface area (Å²) in [5, 5.41) is 7.06. The van der Waals surface area contributed by atoms with Crippen molar-refractivity contribution in [1.29, 1.82) is 0 Å². The molecule has 0 aromatic carbocycles. The van der Waals surface area contributed by atoms with Crippen molar-refractivity contribution in [2.75, 3.05) is 13.1 Å². The highest BCUT2D eigenvalue weighted by atomic mass is 32.1. The Kier molecular flexibility index (Phi) is 4.96. The second kappa shape index (κ2) is 6.94. The van der Waals surface area contributed by atoms with Crippen LogP contribution in [-0.2, 0) is 17.8 Å². The molecule has 122 valence electrons. The standard InChI is InChI=1S/C16H26N4OS/c1-2-5-14-17-18-16(22)20(14)11-15(21)19-9-8-12-6-3-4-7-13(12)10-19/h12-13H,2-11H2,1H3,(H,18,22)/t12-,13-/m0/s1. The van der Waals surface area contributed by atoms with Gasteiger partial charge in [0.25, 0.3) is 0 Å². The second-order valence-corrected chi connectivity index (χ2v) is 7.10. The molecule has 2 atom stereocenters. The number of aryl methyl sites for hydroxylation is 1. The molecule has 1 saturated carbocycles. The lowest BCUT2D eigenvalue weighted by Crippen LogP contribution is -2.46. The van der Waals surface area contributed by atoms with E-state index in [1.54, 1.807) is 0 Å². The zero-order chi connectivity index (χ0) is 15.5. The summed E-state index contributed by atoms with van der Waals surface area (Å²) in [4.78, 5) is 14.7. The SMILES string of the molecule is CCCc1n[nH]c(=S)n1CC(=O)N1CC[C@@H]2CCCC[C@H]2C1. The van der Waals surface area contributed by atoms with Gasteiger partial charge in [0.05, 0.1) is 0 Å². The number of amides is 1. The lowest BCUT2D eigenvalue weighted by molar-refractivity contribution is -0.135. The number of rotatable bonds is 4. The topological polar surface area (TPSA) is 53.9 Å². The predicted molar refractivity (Wildman–Crippen MR) is 88.1 cm³/mol. The van der Waals surface area contributed by atoms with Gasteiger partial charge in [0, 0.05) is 19.5 Å².